The van der Waals surface area contributed by atoms with Gasteiger partial charge in [0.15, 0.2) is 18.1 Å². The van der Waals surface area contributed by atoms with Crippen LogP contribution in [0.3, 0.4) is 0 Å². The van der Waals surface area contributed by atoms with Crippen LogP contribution in [-0.4, -0.2) is 31.4 Å². The number of amides is 3. The topological polar surface area (TPSA) is 129 Å². The van der Waals surface area contributed by atoms with Crippen LogP contribution in [0.4, 0.5) is 4.79 Å². The van der Waals surface area contributed by atoms with Crippen LogP contribution in [0.25, 0.3) is 0 Å². The molecule has 8 nitrogen and oxygen atoms in total. The number of nitrogens with two attached hydrogens (primary N) is 2. The first-order valence-corrected chi connectivity index (χ1v) is 6.69. The molecular weight excluding hydrogens is 344 g/mol. The highest BCUT2D eigenvalue weighted by atomic mass is 79.9. The fraction of sp³-hybridized carbons (Fsp3) is 0.250. The van der Waals surface area contributed by atoms with E-state index in [9.17, 15) is 9.59 Å². The van der Waals surface area contributed by atoms with Crippen molar-refractivity contribution in [2.24, 2.45) is 16.6 Å². The summed E-state index contributed by atoms with van der Waals surface area (Å²) in [6, 6.07) is 2.48. The highest BCUT2D eigenvalue weighted by Crippen LogP contribution is 2.33. The van der Waals surface area contributed by atoms with Crippen LogP contribution in [-0.2, 0) is 4.79 Å². The molecule has 0 fully saturated rings. The van der Waals surface area contributed by atoms with Crippen molar-refractivity contribution >= 4 is 34.1 Å². The lowest BCUT2D eigenvalue weighted by Crippen LogP contribution is -2.24. The second kappa shape index (κ2) is 8.10. The van der Waals surface area contributed by atoms with Gasteiger partial charge in [-0.3, -0.25) is 4.79 Å². The number of nitrogens with one attached hydrogen (secondary N) is 1. The maximum absolute atomic E-state index is 10.8. The fourth-order valence-electron chi connectivity index (χ4n) is 1.35. The summed E-state index contributed by atoms with van der Waals surface area (Å²) in [7, 11) is 0. The van der Waals surface area contributed by atoms with Crippen molar-refractivity contribution in [1.82, 2.24) is 5.43 Å². The average Bonchev–Trinajstić information content (AvgIpc) is 2.40. The van der Waals surface area contributed by atoms with E-state index in [1.807, 2.05) is 6.92 Å². The van der Waals surface area contributed by atoms with Crippen LogP contribution in [0.5, 0.6) is 11.5 Å². The van der Waals surface area contributed by atoms with Gasteiger partial charge in [0.1, 0.15) is 0 Å². The minimum absolute atomic E-state index is 0.261. The third kappa shape index (κ3) is 5.69. The van der Waals surface area contributed by atoms with Crippen LogP contribution < -0.4 is 26.4 Å². The molecule has 3 amide bonds. The van der Waals surface area contributed by atoms with Gasteiger partial charge in [-0.2, -0.15) is 5.10 Å². The van der Waals surface area contributed by atoms with Crippen molar-refractivity contribution in [3.63, 3.8) is 0 Å². The van der Waals surface area contributed by atoms with Crippen molar-refractivity contribution < 1.29 is 19.1 Å². The van der Waals surface area contributed by atoms with Crippen LogP contribution in [0.2, 0.25) is 0 Å². The largest absolute Gasteiger partial charge is 0.490 e. The Labute approximate surface area is 129 Å². The first-order chi connectivity index (χ1) is 9.93. The second-order valence-corrected chi connectivity index (χ2v) is 4.60. The van der Waals surface area contributed by atoms with Gasteiger partial charge in [-0.1, -0.05) is 0 Å². The standard InChI is InChI=1S/C12H15BrN4O4/c1-2-20-9-3-7(5-16-17-12(15)19)8(13)4-10(9)21-6-11(14)18/h3-5H,2,6H2,1H3,(H2,14,18)(H3,15,17,19). The molecule has 0 radical (unpaired) electrons. The molecule has 0 aliphatic carbocycles. The average molecular weight is 359 g/mol. The zero-order valence-corrected chi connectivity index (χ0v) is 12.8. The summed E-state index contributed by atoms with van der Waals surface area (Å²) >= 11 is 3.32. The number of carbonyl (C=O) groups is 2. The van der Waals surface area contributed by atoms with E-state index in [4.69, 9.17) is 20.9 Å². The summed E-state index contributed by atoms with van der Waals surface area (Å²) in [6.07, 6.45) is 1.38. The van der Waals surface area contributed by atoms with E-state index < -0.39 is 11.9 Å². The summed E-state index contributed by atoms with van der Waals surface area (Å²) in [5.41, 5.74) is 12.6. The van der Waals surface area contributed by atoms with E-state index in [1.54, 1.807) is 12.1 Å². The normalized spacial score (nSPS) is 10.4. The lowest BCUT2D eigenvalue weighted by Gasteiger charge is -2.12. The Morgan fingerprint density at radius 1 is 1.33 bits per heavy atom. The molecule has 21 heavy (non-hydrogen) atoms. The number of hydrogen-bond donors (Lipinski definition) is 3. The van der Waals surface area contributed by atoms with Gasteiger partial charge in [0, 0.05) is 10.0 Å². The minimum atomic E-state index is -0.770. The number of nitrogens with zero attached hydrogens (tertiary/aromatic N) is 1. The van der Waals surface area contributed by atoms with Gasteiger partial charge in [0.2, 0.25) is 0 Å². The van der Waals surface area contributed by atoms with Crippen molar-refractivity contribution in [3.05, 3.63) is 22.2 Å². The van der Waals surface area contributed by atoms with E-state index in [-0.39, 0.29) is 6.61 Å². The van der Waals surface area contributed by atoms with E-state index in [2.05, 4.69) is 26.5 Å². The van der Waals surface area contributed by atoms with Gasteiger partial charge < -0.3 is 20.9 Å². The molecule has 0 spiro atoms. The van der Waals surface area contributed by atoms with Crippen LogP contribution in [0.1, 0.15) is 12.5 Å². The molecule has 0 aliphatic heterocycles. The molecule has 1 aromatic carbocycles. The summed E-state index contributed by atoms with van der Waals surface area (Å²) in [6.45, 7) is 1.95. The lowest BCUT2D eigenvalue weighted by atomic mass is 10.2. The molecule has 0 bridgehead atoms. The number of carbonyl (C=O) groups excluding carboxylic acids is 2. The SMILES string of the molecule is CCOc1cc(C=NNC(N)=O)c(Br)cc1OCC(N)=O. The molecule has 9 heteroatoms. The summed E-state index contributed by atoms with van der Waals surface area (Å²) in [5, 5.41) is 3.66. The van der Waals surface area contributed by atoms with Crippen LogP contribution in [0.15, 0.2) is 21.7 Å². The second-order valence-electron chi connectivity index (χ2n) is 3.74. The monoisotopic (exact) mass is 358 g/mol. The molecule has 114 valence electrons. The van der Waals surface area contributed by atoms with Crippen LogP contribution >= 0.6 is 15.9 Å². The Kier molecular flexibility index (Phi) is 6.47. The summed E-state index contributed by atoms with van der Waals surface area (Å²) in [4.78, 5) is 21.3. The maximum atomic E-state index is 10.8. The third-order valence-electron chi connectivity index (χ3n) is 2.11. The van der Waals surface area contributed by atoms with E-state index in [0.29, 0.717) is 28.1 Å². The number of ether oxygens (including phenoxy) is 2. The van der Waals surface area contributed by atoms with Crippen LogP contribution in [0, 0.1) is 0 Å². The van der Waals surface area contributed by atoms with Gasteiger partial charge in [0.25, 0.3) is 5.91 Å². The predicted molar refractivity (Wildman–Crippen MR) is 80.3 cm³/mol. The number of urea groups is 1. The van der Waals surface area contributed by atoms with Crippen molar-refractivity contribution in [3.8, 4) is 11.5 Å². The zero-order chi connectivity index (χ0) is 15.8. The van der Waals surface area contributed by atoms with Crippen molar-refractivity contribution in [2.75, 3.05) is 13.2 Å². The Balaban J connectivity index is 3.01. The number of rotatable bonds is 7. The quantitative estimate of drug-likeness (QED) is 0.489. The highest BCUT2D eigenvalue weighted by molar-refractivity contribution is 9.10. The first-order valence-electron chi connectivity index (χ1n) is 5.90. The molecular formula is C12H15BrN4O4. The molecule has 0 heterocycles. The first kappa shape index (κ1) is 16.8. The molecule has 1 rings (SSSR count). The van der Waals surface area contributed by atoms with E-state index in [0.717, 1.165) is 0 Å². The Morgan fingerprint density at radius 3 is 2.57 bits per heavy atom. The fourth-order valence-corrected chi connectivity index (χ4v) is 1.77. The Morgan fingerprint density at radius 2 is 2.00 bits per heavy atom. The van der Waals surface area contributed by atoms with Gasteiger partial charge in [0.05, 0.1) is 12.8 Å². The maximum Gasteiger partial charge on any atom is 0.332 e. The molecule has 5 N–H and O–H groups in total. The number of primary amides is 2. The van der Waals surface area contributed by atoms with Gasteiger partial charge >= 0.3 is 6.03 Å². The van der Waals surface area contributed by atoms with Gasteiger partial charge in [-0.05, 0) is 35.0 Å². The Bertz CT molecular complexity index is 562. The van der Waals surface area contributed by atoms with Gasteiger partial charge in [-0.25, -0.2) is 10.2 Å². The summed E-state index contributed by atoms with van der Waals surface area (Å²) in [5.74, 6) is 0.190. The van der Waals surface area contributed by atoms with Crippen molar-refractivity contribution in [1.29, 1.82) is 0 Å². The van der Waals surface area contributed by atoms with Gasteiger partial charge in [-0.15, -0.1) is 0 Å². The molecule has 0 aliphatic rings. The molecule has 0 atom stereocenters. The lowest BCUT2D eigenvalue weighted by molar-refractivity contribution is -0.119. The molecule has 0 unspecified atom stereocenters. The Hall–Kier alpha value is -2.29. The number of halogens is 1. The predicted octanol–water partition coefficient (Wildman–Crippen LogP) is 0.714. The number of hydrogen-bond acceptors (Lipinski definition) is 5. The summed E-state index contributed by atoms with van der Waals surface area (Å²) < 4.78 is 11.3. The molecule has 0 aromatic heterocycles. The van der Waals surface area contributed by atoms with Crippen molar-refractivity contribution in [2.45, 2.75) is 6.92 Å². The minimum Gasteiger partial charge on any atom is -0.490 e. The molecule has 1 aromatic rings. The highest BCUT2D eigenvalue weighted by Gasteiger charge is 2.11. The van der Waals surface area contributed by atoms with E-state index in [1.165, 1.54) is 6.21 Å². The number of benzene rings is 1. The van der Waals surface area contributed by atoms with E-state index >= 15 is 0 Å². The third-order valence-corrected chi connectivity index (χ3v) is 2.80. The molecule has 0 saturated carbocycles. The zero-order valence-electron chi connectivity index (χ0n) is 11.3. The molecule has 0 saturated heterocycles. The smallest absolute Gasteiger partial charge is 0.332 e. The number of hydrazone groups is 1.